The Morgan fingerprint density at radius 2 is 0.683 bits per heavy atom. The molecule has 104 heavy (non-hydrogen) atoms. The maximum atomic E-state index is 7.63. The lowest BCUT2D eigenvalue weighted by Crippen LogP contribution is -2.64. The topological polar surface area (TPSA) is 91.6 Å². The largest absolute Gasteiger partial charge is 0.458 e. The molecule has 6 aliphatic rings. The van der Waals surface area contributed by atoms with Crippen molar-refractivity contribution in [3.8, 4) is 79.4 Å². The predicted molar refractivity (Wildman–Crippen MR) is 433 cm³/mol. The van der Waals surface area contributed by atoms with Crippen molar-refractivity contribution in [1.82, 2.24) is 0 Å². The standard InChI is InChI=1S/C91H67B3N2O7S/c1-89(2,3)59-30-18-27-56-53-24-15-21-50(83(53)101-86(56)59)47-37-69-80-76(39-47)97-72-35-13-11-33-62(72)92(80)64-43-65-70(45-68(64)95-69)96(104-10)71-38-48(51-22-16-25-54-57-28-19-31-60(90(4,5)6)87(57)102-84(51)54)40-77-81(71)94(65)67-44-66-74(46-75(67)99-77)100-79-42-49(41-78-82(79)93(66)63-34-12-14-36-73(63)98-78)52-23-17-26-55-58-29-20-32-61(91(7,8)9)88(58)103-85(52)55/h11-46,95H,1-10H3. The summed E-state index contributed by atoms with van der Waals surface area (Å²) in [6.07, 6.45) is 2.18. The van der Waals surface area contributed by atoms with Gasteiger partial charge in [0.15, 0.2) is 0 Å². The van der Waals surface area contributed by atoms with Crippen molar-refractivity contribution < 1.29 is 32.2 Å². The number of furan rings is 3. The molecule has 0 bridgehead atoms. The van der Waals surface area contributed by atoms with Crippen LogP contribution in [-0.2, 0) is 16.2 Å². The lowest BCUT2D eigenvalue weighted by molar-refractivity contribution is 0.456. The second-order valence-corrected chi connectivity index (χ2v) is 32.9. The number of hydrogen-bond acceptors (Lipinski definition) is 10. The van der Waals surface area contributed by atoms with E-state index in [1.54, 1.807) is 11.9 Å². The van der Waals surface area contributed by atoms with Crippen LogP contribution < -0.4 is 77.7 Å². The monoisotopic (exact) mass is 1360 g/mol. The van der Waals surface area contributed by atoms with Gasteiger partial charge in [-0.25, -0.2) is 0 Å². The maximum Gasteiger partial charge on any atom is 0.260 e. The molecule has 6 aliphatic heterocycles. The number of hydrogen-bond donors (Lipinski definition) is 1. The molecular formula is C91H67B3N2O7S. The molecule has 22 rings (SSSR count). The normalized spacial score (nSPS) is 14.2. The van der Waals surface area contributed by atoms with Crippen LogP contribution in [0.2, 0.25) is 0 Å². The van der Waals surface area contributed by atoms with Gasteiger partial charge in [-0.2, -0.15) is 0 Å². The molecule has 0 radical (unpaired) electrons. The summed E-state index contributed by atoms with van der Waals surface area (Å²) in [6.45, 7) is 19.5. The average Bonchev–Trinajstić information content (AvgIpc) is 0.963. The fourth-order valence-electron chi connectivity index (χ4n) is 18.3. The van der Waals surface area contributed by atoms with Crippen molar-refractivity contribution >= 4 is 170 Å². The smallest absolute Gasteiger partial charge is 0.260 e. The number of rotatable bonds is 4. The number of ether oxygens (including phenoxy) is 4. The fraction of sp³-hybridized carbons (Fsp3) is 0.143. The van der Waals surface area contributed by atoms with Gasteiger partial charge in [0.25, 0.3) is 20.1 Å². The van der Waals surface area contributed by atoms with Gasteiger partial charge < -0.3 is 37.5 Å². The Kier molecular flexibility index (Phi) is 12.1. The molecule has 3 aromatic heterocycles. The Morgan fingerprint density at radius 1 is 0.298 bits per heavy atom. The molecule has 498 valence electrons. The van der Waals surface area contributed by atoms with Gasteiger partial charge >= 0.3 is 0 Å². The lowest BCUT2D eigenvalue weighted by atomic mass is 9.30. The zero-order valence-corrected chi connectivity index (χ0v) is 60.0. The van der Waals surface area contributed by atoms with E-state index in [0.717, 1.165) is 206 Å². The minimum atomic E-state index is -0.300. The van der Waals surface area contributed by atoms with E-state index in [-0.39, 0.29) is 36.4 Å². The second-order valence-electron chi connectivity index (χ2n) is 32.2. The summed E-state index contributed by atoms with van der Waals surface area (Å²) in [5.41, 5.74) is 28.2. The fourth-order valence-corrected chi connectivity index (χ4v) is 19.0. The first kappa shape index (κ1) is 60.2. The van der Waals surface area contributed by atoms with Crippen LogP contribution in [0.5, 0.6) is 46.0 Å². The van der Waals surface area contributed by atoms with Gasteiger partial charge in [0.1, 0.15) is 79.5 Å². The number of para-hydroxylation sites is 8. The number of nitrogens with zero attached hydrogens (tertiary/aromatic N) is 1. The van der Waals surface area contributed by atoms with E-state index in [0.29, 0.717) is 0 Å². The van der Waals surface area contributed by atoms with Crippen molar-refractivity contribution in [2.75, 3.05) is 15.9 Å². The van der Waals surface area contributed by atoms with Crippen LogP contribution in [-0.4, -0.2) is 26.4 Å². The molecule has 13 heteroatoms. The molecule has 0 fully saturated rings. The molecule has 9 heterocycles. The predicted octanol–water partition coefficient (Wildman–Crippen LogP) is 19.0. The number of benzene rings is 13. The Labute approximate surface area is 607 Å². The van der Waals surface area contributed by atoms with Gasteiger partial charge in [-0.3, -0.25) is 4.31 Å². The van der Waals surface area contributed by atoms with E-state index < -0.39 is 0 Å². The summed E-state index contributed by atoms with van der Waals surface area (Å²) in [4.78, 5) is 0. The molecule has 9 nitrogen and oxygen atoms in total. The van der Waals surface area contributed by atoms with Crippen molar-refractivity contribution in [3.05, 3.63) is 235 Å². The van der Waals surface area contributed by atoms with Crippen LogP contribution in [0.4, 0.5) is 22.7 Å². The summed E-state index contributed by atoms with van der Waals surface area (Å²) in [7, 11) is 0. The van der Waals surface area contributed by atoms with Gasteiger partial charge in [0.05, 0.1) is 5.69 Å². The van der Waals surface area contributed by atoms with Crippen molar-refractivity contribution in [1.29, 1.82) is 0 Å². The first-order valence-electron chi connectivity index (χ1n) is 36.1. The van der Waals surface area contributed by atoms with Gasteiger partial charge in [-0.1, -0.05) is 220 Å². The highest BCUT2D eigenvalue weighted by molar-refractivity contribution is 8.00. The molecule has 1 N–H and O–H groups in total. The molecule has 0 aliphatic carbocycles. The molecule has 0 unspecified atom stereocenters. The van der Waals surface area contributed by atoms with Crippen molar-refractivity contribution in [2.24, 2.45) is 0 Å². The minimum absolute atomic E-state index is 0.119. The Balaban J connectivity index is 0.751. The van der Waals surface area contributed by atoms with Crippen LogP contribution in [0.15, 0.2) is 232 Å². The van der Waals surface area contributed by atoms with E-state index in [1.807, 2.05) is 0 Å². The molecule has 0 spiro atoms. The van der Waals surface area contributed by atoms with Crippen LogP contribution in [0.25, 0.3) is 99.2 Å². The van der Waals surface area contributed by atoms with E-state index in [1.165, 1.54) is 27.6 Å². The summed E-state index contributed by atoms with van der Waals surface area (Å²) in [6, 6.07) is 79.2. The van der Waals surface area contributed by atoms with Crippen molar-refractivity contribution in [3.63, 3.8) is 0 Å². The Bertz CT molecular complexity index is 6580. The highest BCUT2D eigenvalue weighted by Gasteiger charge is 2.49. The summed E-state index contributed by atoms with van der Waals surface area (Å²) >= 11 is 1.70. The SMILES string of the molecule is CSN1c2cc3c(cc2B2c4cc5c(cc4Oc4cc(-c6cccc7c6oc6c(C(C)(C)C)cccc67)cc1c42)Oc1cc(-c2cccc4c2oc2c(C(C)(C)C)cccc24)cc2c1B5c1ccccc1O2)B1c2ccccc2Oc2cc(-c4cccc5c4oc4c(C(C)(C)C)cccc45)cc(c21)N3. The van der Waals surface area contributed by atoms with E-state index >= 15 is 0 Å². The molecule has 13 aromatic carbocycles. The quantitative estimate of drug-likeness (QED) is 0.136. The van der Waals surface area contributed by atoms with Gasteiger partial charge in [0.2, 0.25) is 0 Å². The van der Waals surface area contributed by atoms with Crippen molar-refractivity contribution in [2.45, 2.75) is 78.6 Å². The van der Waals surface area contributed by atoms with Gasteiger partial charge in [-0.05, 0) is 143 Å². The minimum Gasteiger partial charge on any atom is -0.458 e. The molecule has 0 saturated carbocycles. The Hall–Kier alpha value is -11.4. The zero-order chi connectivity index (χ0) is 69.9. The highest BCUT2D eigenvalue weighted by atomic mass is 32.2. The second kappa shape index (κ2) is 20.9. The third kappa shape index (κ3) is 8.38. The average molecular weight is 1370 g/mol. The first-order chi connectivity index (χ1) is 50.4. The molecule has 0 atom stereocenters. The number of nitrogens with one attached hydrogen (secondary N) is 1. The summed E-state index contributed by atoms with van der Waals surface area (Å²) in [5, 5.41) is 10.6. The van der Waals surface area contributed by atoms with E-state index in [9.17, 15) is 0 Å². The lowest BCUT2D eigenvalue weighted by Gasteiger charge is -2.42. The van der Waals surface area contributed by atoms with Crippen LogP contribution in [0, 0.1) is 0 Å². The van der Waals surface area contributed by atoms with E-state index in [4.69, 9.17) is 32.2 Å². The van der Waals surface area contributed by atoms with E-state index in [2.05, 4.69) is 297 Å². The zero-order valence-electron chi connectivity index (χ0n) is 59.2. The maximum absolute atomic E-state index is 7.63. The Morgan fingerprint density at radius 3 is 1.15 bits per heavy atom. The third-order valence-electron chi connectivity index (χ3n) is 23.0. The molecule has 0 saturated heterocycles. The van der Waals surface area contributed by atoms with Gasteiger partial charge in [-0.15, -0.1) is 0 Å². The summed E-state index contributed by atoms with van der Waals surface area (Å²) in [5.74, 6) is 6.17. The van der Waals surface area contributed by atoms with Gasteiger partial charge in [0, 0.05) is 101 Å². The summed E-state index contributed by atoms with van der Waals surface area (Å²) < 4.78 is 53.0. The first-order valence-corrected chi connectivity index (χ1v) is 37.3. The van der Waals surface area contributed by atoms with Crippen LogP contribution in [0.1, 0.15) is 79.0 Å². The molecule has 0 amide bonds. The van der Waals surface area contributed by atoms with Crippen LogP contribution in [0.3, 0.4) is 0 Å². The molecule has 16 aromatic rings. The number of fused-ring (bicyclic) bond motifs is 21. The molecular weight excluding hydrogens is 1300 g/mol. The number of anilines is 4. The van der Waals surface area contributed by atoms with Crippen LogP contribution >= 0.6 is 11.9 Å². The third-order valence-corrected chi connectivity index (χ3v) is 23.7. The highest BCUT2D eigenvalue weighted by Crippen LogP contribution is 2.51.